The first-order valence-corrected chi connectivity index (χ1v) is 6.22. The molecule has 0 bridgehead atoms. The van der Waals surface area contributed by atoms with Gasteiger partial charge in [0.2, 0.25) is 0 Å². The highest BCUT2D eigenvalue weighted by Gasteiger charge is 2.18. The van der Waals surface area contributed by atoms with Gasteiger partial charge < -0.3 is 19.6 Å². The number of hydrogen-bond donors (Lipinski definition) is 1. The predicted molar refractivity (Wildman–Crippen MR) is 79.2 cm³/mol. The van der Waals surface area contributed by atoms with E-state index in [1.165, 1.54) is 0 Å². The maximum absolute atomic E-state index is 6.07. The lowest BCUT2D eigenvalue weighted by Gasteiger charge is -2.16. The zero-order valence-electron chi connectivity index (χ0n) is 11.3. The van der Waals surface area contributed by atoms with E-state index >= 15 is 0 Å². The van der Waals surface area contributed by atoms with E-state index in [1.807, 2.05) is 30.3 Å². The zero-order valence-corrected chi connectivity index (χ0v) is 11.3. The van der Waals surface area contributed by atoms with E-state index in [0.29, 0.717) is 17.2 Å². The lowest BCUT2D eigenvalue weighted by atomic mass is 9.97. The average Bonchev–Trinajstić information content (AvgIpc) is 2.99. The fraction of sp³-hybridized carbons (Fsp3) is 0.125. The number of nitrogens with two attached hydrogens (primary N) is 1. The van der Waals surface area contributed by atoms with Crippen LogP contribution in [0.15, 0.2) is 47.3 Å². The third-order valence-electron chi connectivity index (χ3n) is 3.37. The third kappa shape index (κ3) is 1.77. The minimum absolute atomic E-state index is 0.647. The molecule has 20 heavy (non-hydrogen) atoms. The van der Waals surface area contributed by atoms with Gasteiger partial charge in [0, 0.05) is 22.2 Å². The fourth-order valence-electron chi connectivity index (χ4n) is 2.45. The third-order valence-corrected chi connectivity index (χ3v) is 3.37. The summed E-state index contributed by atoms with van der Waals surface area (Å²) >= 11 is 0. The molecule has 0 aliphatic rings. The molecule has 0 fully saturated rings. The van der Waals surface area contributed by atoms with E-state index in [1.54, 1.807) is 26.7 Å². The van der Waals surface area contributed by atoms with E-state index in [-0.39, 0.29) is 0 Å². The Bertz CT molecular complexity index is 748. The highest BCUT2D eigenvalue weighted by molar-refractivity contribution is 6.06. The van der Waals surface area contributed by atoms with Crippen LogP contribution >= 0.6 is 0 Å². The molecule has 0 atom stereocenters. The Hall–Kier alpha value is -2.62. The number of benzene rings is 2. The van der Waals surface area contributed by atoms with Crippen molar-refractivity contribution in [3.8, 4) is 22.6 Å². The minimum Gasteiger partial charge on any atom is -0.493 e. The standard InChI is InChI=1S/C16H15NO3/c1-18-14-8-12-11(4-3-5-13(12)17)15(16(14)19-2)10-6-7-20-9-10/h3-9H,17H2,1-2H3. The van der Waals surface area contributed by atoms with Crippen LogP contribution in [-0.2, 0) is 0 Å². The summed E-state index contributed by atoms with van der Waals surface area (Å²) in [7, 11) is 3.24. The largest absolute Gasteiger partial charge is 0.493 e. The van der Waals surface area contributed by atoms with Crippen molar-refractivity contribution < 1.29 is 13.9 Å². The van der Waals surface area contributed by atoms with Crippen molar-refractivity contribution in [2.24, 2.45) is 0 Å². The summed E-state index contributed by atoms with van der Waals surface area (Å²) in [5, 5.41) is 1.94. The Morgan fingerprint density at radius 3 is 2.55 bits per heavy atom. The molecule has 0 saturated heterocycles. The van der Waals surface area contributed by atoms with Gasteiger partial charge in [0.15, 0.2) is 11.5 Å². The lowest BCUT2D eigenvalue weighted by molar-refractivity contribution is 0.357. The van der Waals surface area contributed by atoms with Crippen molar-refractivity contribution in [1.82, 2.24) is 0 Å². The smallest absolute Gasteiger partial charge is 0.169 e. The van der Waals surface area contributed by atoms with Crippen LogP contribution in [0, 0.1) is 0 Å². The fourth-order valence-corrected chi connectivity index (χ4v) is 2.45. The van der Waals surface area contributed by atoms with Gasteiger partial charge in [0.05, 0.1) is 26.7 Å². The maximum atomic E-state index is 6.07. The first-order chi connectivity index (χ1) is 9.76. The van der Waals surface area contributed by atoms with E-state index in [2.05, 4.69) is 0 Å². The van der Waals surface area contributed by atoms with Crippen molar-refractivity contribution in [3.63, 3.8) is 0 Å². The molecule has 102 valence electrons. The van der Waals surface area contributed by atoms with Crippen LogP contribution in [0.3, 0.4) is 0 Å². The van der Waals surface area contributed by atoms with E-state index < -0.39 is 0 Å². The second-order valence-electron chi connectivity index (χ2n) is 4.44. The number of anilines is 1. The molecule has 0 saturated carbocycles. The Labute approximate surface area is 116 Å². The van der Waals surface area contributed by atoms with Crippen LogP contribution in [0.25, 0.3) is 21.9 Å². The van der Waals surface area contributed by atoms with Gasteiger partial charge in [-0.3, -0.25) is 0 Å². The Kier molecular flexibility index (Phi) is 2.99. The number of methoxy groups -OCH3 is 2. The molecule has 1 aromatic heterocycles. The molecule has 0 aliphatic carbocycles. The number of fused-ring (bicyclic) bond motifs is 1. The SMILES string of the molecule is COc1cc2c(N)cccc2c(-c2ccoc2)c1OC. The van der Waals surface area contributed by atoms with Crippen LogP contribution in [-0.4, -0.2) is 14.2 Å². The Balaban J connectivity index is 2.47. The van der Waals surface area contributed by atoms with Crippen LogP contribution in [0.1, 0.15) is 0 Å². The average molecular weight is 269 g/mol. The molecular weight excluding hydrogens is 254 g/mol. The summed E-state index contributed by atoms with van der Waals surface area (Å²) in [5.41, 5.74) is 8.62. The quantitative estimate of drug-likeness (QED) is 0.736. The maximum Gasteiger partial charge on any atom is 0.169 e. The highest BCUT2D eigenvalue weighted by Crippen LogP contribution is 2.45. The molecule has 3 aromatic rings. The van der Waals surface area contributed by atoms with Gasteiger partial charge in [-0.05, 0) is 23.6 Å². The summed E-state index contributed by atoms with van der Waals surface area (Å²) in [4.78, 5) is 0. The molecular formula is C16H15NO3. The number of nitrogen functional groups attached to an aromatic ring is 1. The van der Waals surface area contributed by atoms with Gasteiger partial charge in [-0.2, -0.15) is 0 Å². The molecule has 2 aromatic carbocycles. The Morgan fingerprint density at radius 2 is 1.90 bits per heavy atom. The van der Waals surface area contributed by atoms with Crippen molar-refractivity contribution >= 4 is 16.5 Å². The summed E-state index contributed by atoms with van der Waals surface area (Å²) in [5.74, 6) is 1.32. The number of furan rings is 1. The van der Waals surface area contributed by atoms with Gasteiger partial charge in [-0.1, -0.05) is 12.1 Å². The van der Waals surface area contributed by atoms with Gasteiger partial charge in [0.25, 0.3) is 0 Å². The highest BCUT2D eigenvalue weighted by atomic mass is 16.5. The second kappa shape index (κ2) is 4.81. The molecule has 3 rings (SSSR count). The number of rotatable bonds is 3. The topological polar surface area (TPSA) is 57.6 Å². The van der Waals surface area contributed by atoms with Gasteiger partial charge in [0.1, 0.15) is 0 Å². The monoisotopic (exact) mass is 269 g/mol. The number of ether oxygens (including phenoxy) is 2. The molecule has 4 nitrogen and oxygen atoms in total. The lowest BCUT2D eigenvalue weighted by Crippen LogP contribution is -1.96. The summed E-state index contributed by atoms with van der Waals surface area (Å²) in [6.07, 6.45) is 3.31. The van der Waals surface area contributed by atoms with Gasteiger partial charge in [-0.25, -0.2) is 0 Å². The summed E-state index contributed by atoms with van der Waals surface area (Å²) in [6.45, 7) is 0. The van der Waals surface area contributed by atoms with E-state index in [4.69, 9.17) is 19.6 Å². The molecule has 4 heteroatoms. The van der Waals surface area contributed by atoms with E-state index in [9.17, 15) is 0 Å². The second-order valence-corrected chi connectivity index (χ2v) is 4.44. The molecule has 2 N–H and O–H groups in total. The normalized spacial score (nSPS) is 10.7. The molecule has 0 spiro atoms. The molecule has 0 amide bonds. The van der Waals surface area contributed by atoms with Crippen molar-refractivity contribution in [3.05, 3.63) is 42.9 Å². The molecule has 1 heterocycles. The molecule has 0 unspecified atom stereocenters. The van der Waals surface area contributed by atoms with Crippen LogP contribution < -0.4 is 15.2 Å². The first kappa shape index (κ1) is 12.4. The zero-order chi connectivity index (χ0) is 14.1. The van der Waals surface area contributed by atoms with Crippen molar-refractivity contribution in [2.45, 2.75) is 0 Å². The van der Waals surface area contributed by atoms with E-state index in [0.717, 1.165) is 21.9 Å². The van der Waals surface area contributed by atoms with Crippen molar-refractivity contribution in [1.29, 1.82) is 0 Å². The number of hydrogen-bond acceptors (Lipinski definition) is 4. The Morgan fingerprint density at radius 1 is 1.05 bits per heavy atom. The minimum atomic E-state index is 0.647. The molecule has 0 radical (unpaired) electrons. The van der Waals surface area contributed by atoms with Gasteiger partial charge >= 0.3 is 0 Å². The van der Waals surface area contributed by atoms with Crippen LogP contribution in [0.4, 0.5) is 5.69 Å². The van der Waals surface area contributed by atoms with Crippen molar-refractivity contribution in [2.75, 3.05) is 20.0 Å². The molecule has 0 aliphatic heterocycles. The van der Waals surface area contributed by atoms with Crippen LogP contribution in [0.2, 0.25) is 0 Å². The van der Waals surface area contributed by atoms with Gasteiger partial charge in [-0.15, -0.1) is 0 Å². The summed E-state index contributed by atoms with van der Waals surface area (Å²) in [6, 6.07) is 9.59. The summed E-state index contributed by atoms with van der Waals surface area (Å²) < 4.78 is 16.2. The predicted octanol–water partition coefficient (Wildman–Crippen LogP) is 3.70. The first-order valence-electron chi connectivity index (χ1n) is 6.22. The van der Waals surface area contributed by atoms with Crippen LogP contribution in [0.5, 0.6) is 11.5 Å².